The predicted octanol–water partition coefficient (Wildman–Crippen LogP) is 2.40. The number of hydrogen-bond donors (Lipinski definition) is 0. The zero-order chi connectivity index (χ0) is 16.6. The monoisotopic (exact) mass is 325 g/mol. The second-order valence-electron chi connectivity index (χ2n) is 7.20. The van der Waals surface area contributed by atoms with Crippen molar-refractivity contribution >= 4 is 5.91 Å². The fraction of sp³-hybridized carbons (Fsp3) is 0.556. The van der Waals surface area contributed by atoms with E-state index in [1.807, 2.05) is 28.6 Å². The quantitative estimate of drug-likeness (QED) is 0.850. The molecule has 2 aromatic heterocycles. The zero-order valence-electron chi connectivity index (χ0n) is 14.1. The van der Waals surface area contributed by atoms with Crippen LogP contribution in [-0.4, -0.2) is 43.6 Å². The van der Waals surface area contributed by atoms with Crippen LogP contribution < -0.4 is 0 Å². The average molecular weight is 325 g/mol. The maximum atomic E-state index is 12.9. The van der Waals surface area contributed by atoms with Crippen molar-refractivity contribution in [1.82, 2.24) is 24.6 Å². The van der Waals surface area contributed by atoms with Gasteiger partial charge in [-0.05, 0) is 30.4 Å². The van der Waals surface area contributed by atoms with Crippen LogP contribution in [0.3, 0.4) is 0 Å². The van der Waals surface area contributed by atoms with Gasteiger partial charge in [0.05, 0.1) is 5.56 Å². The molecule has 1 spiro atoms. The lowest BCUT2D eigenvalue weighted by molar-refractivity contribution is 0.0758. The maximum absolute atomic E-state index is 12.9. The molecule has 24 heavy (non-hydrogen) atoms. The van der Waals surface area contributed by atoms with E-state index < -0.39 is 0 Å². The molecule has 0 aromatic carbocycles. The number of nitrogens with zero attached hydrogens (tertiary/aromatic N) is 5. The molecule has 0 N–H and O–H groups in total. The fourth-order valence-electron chi connectivity index (χ4n) is 4.52. The number of amides is 1. The van der Waals surface area contributed by atoms with Gasteiger partial charge in [-0.15, -0.1) is 10.2 Å². The molecular weight excluding hydrogens is 302 g/mol. The molecule has 0 bridgehead atoms. The number of pyridine rings is 1. The van der Waals surface area contributed by atoms with Crippen molar-refractivity contribution in [3.8, 4) is 0 Å². The Balaban J connectivity index is 1.66. The molecule has 1 saturated heterocycles. The lowest BCUT2D eigenvalue weighted by Gasteiger charge is -2.37. The van der Waals surface area contributed by atoms with Crippen LogP contribution in [0.4, 0.5) is 0 Å². The lowest BCUT2D eigenvalue weighted by Crippen LogP contribution is -2.34. The van der Waals surface area contributed by atoms with Crippen molar-refractivity contribution in [1.29, 1.82) is 0 Å². The second-order valence-corrected chi connectivity index (χ2v) is 7.20. The molecule has 1 amide bonds. The third-order valence-electron chi connectivity index (χ3n) is 5.75. The number of aromatic nitrogens is 4. The van der Waals surface area contributed by atoms with Gasteiger partial charge in [0.25, 0.3) is 5.91 Å². The third kappa shape index (κ3) is 2.50. The molecule has 4 rings (SSSR count). The average Bonchev–Trinajstić information content (AvgIpc) is 3.19. The van der Waals surface area contributed by atoms with Gasteiger partial charge in [-0.2, -0.15) is 0 Å². The molecule has 1 unspecified atom stereocenters. The first-order chi connectivity index (χ1) is 11.7. The Hall–Kier alpha value is -2.24. The Morgan fingerprint density at radius 1 is 1.29 bits per heavy atom. The Labute approximate surface area is 141 Å². The highest BCUT2D eigenvalue weighted by Gasteiger charge is 2.50. The van der Waals surface area contributed by atoms with Crippen LogP contribution in [0.1, 0.15) is 54.2 Å². The van der Waals surface area contributed by atoms with Crippen LogP contribution in [0.25, 0.3) is 0 Å². The second kappa shape index (κ2) is 6.00. The molecule has 1 saturated carbocycles. The van der Waals surface area contributed by atoms with Crippen molar-refractivity contribution in [2.75, 3.05) is 13.1 Å². The van der Waals surface area contributed by atoms with Gasteiger partial charge >= 0.3 is 0 Å². The van der Waals surface area contributed by atoms with Gasteiger partial charge in [0.15, 0.2) is 0 Å². The summed E-state index contributed by atoms with van der Waals surface area (Å²) >= 11 is 0. The Bertz CT molecular complexity index is 720. The predicted molar refractivity (Wildman–Crippen MR) is 89.4 cm³/mol. The highest BCUT2D eigenvalue weighted by atomic mass is 16.2. The molecular formula is C18H23N5O. The summed E-state index contributed by atoms with van der Waals surface area (Å²) in [6.07, 6.45) is 11.2. The molecule has 2 aromatic rings. The number of hydrogen-bond acceptors (Lipinski definition) is 4. The minimum atomic E-state index is 0.0812. The third-order valence-corrected chi connectivity index (χ3v) is 5.75. The van der Waals surface area contributed by atoms with Crippen LogP contribution in [0.15, 0.2) is 30.9 Å². The van der Waals surface area contributed by atoms with E-state index in [-0.39, 0.29) is 17.2 Å². The molecule has 6 nitrogen and oxygen atoms in total. The first kappa shape index (κ1) is 15.3. The van der Waals surface area contributed by atoms with Gasteiger partial charge in [0, 0.05) is 38.4 Å². The Morgan fingerprint density at radius 3 is 2.79 bits per heavy atom. The summed E-state index contributed by atoms with van der Waals surface area (Å²) in [7, 11) is 2.00. The Morgan fingerprint density at radius 2 is 2.12 bits per heavy atom. The van der Waals surface area contributed by atoms with E-state index in [2.05, 4.69) is 15.2 Å². The molecule has 6 heteroatoms. The topological polar surface area (TPSA) is 63.9 Å². The van der Waals surface area contributed by atoms with Crippen molar-refractivity contribution in [2.24, 2.45) is 12.5 Å². The van der Waals surface area contributed by atoms with Crippen molar-refractivity contribution in [2.45, 2.75) is 38.0 Å². The van der Waals surface area contributed by atoms with Crippen LogP contribution in [0, 0.1) is 5.41 Å². The maximum Gasteiger partial charge on any atom is 0.255 e. The number of carbonyl (C=O) groups is 1. The summed E-state index contributed by atoms with van der Waals surface area (Å²) in [4.78, 5) is 19.0. The summed E-state index contributed by atoms with van der Waals surface area (Å²) in [5.74, 6) is 1.36. The van der Waals surface area contributed by atoms with Crippen LogP contribution in [0.5, 0.6) is 0 Å². The van der Waals surface area contributed by atoms with Gasteiger partial charge in [-0.1, -0.05) is 19.3 Å². The molecule has 2 fully saturated rings. The molecule has 1 aliphatic heterocycles. The molecule has 0 radical (unpaired) electrons. The van der Waals surface area contributed by atoms with E-state index in [9.17, 15) is 4.79 Å². The minimum absolute atomic E-state index is 0.0812. The SMILES string of the molecule is Cn1cnnc1C1CN(C(=O)c2cccnc2)CC12CCCCC2. The number of rotatable bonds is 2. The van der Waals surface area contributed by atoms with Gasteiger partial charge < -0.3 is 9.47 Å². The van der Waals surface area contributed by atoms with E-state index in [1.54, 1.807) is 18.7 Å². The molecule has 126 valence electrons. The summed E-state index contributed by atoms with van der Waals surface area (Å²) < 4.78 is 2.01. The van der Waals surface area contributed by atoms with Gasteiger partial charge in [0.2, 0.25) is 0 Å². The fourth-order valence-corrected chi connectivity index (χ4v) is 4.52. The molecule has 2 aliphatic rings. The number of carbonyl (C=O) groups excluding carboxylic acids is 1. The molecule has 1 aliphatic carbocycles. The summed E-state index contributed by atoms with van der Waals surface area (Å²) in [5, 5.41) is 8.45. The van der Waals surface area contributed by atoms with E-state index >= 15 is 0 Å². The lowest BCUT2D eigenvalue weighted by atomic mass is 9.67. The van der Waals surface area contributed by atoms with Crippen LogP contribution in [0.2, 0.25) is 0 Å². The normalized spacial score (nSPS) is 22.9. The Kier molecular flexibility index (Phi) is 3.82. The van der Waals surface area contributed by atoms with E-state index in [0.717, 1.165) is 18.9 Å². The first-order valence-corrected chi connectivity index (χ1v) is 8.73. The van der Waals surface area contributed by atoms with E-state index in [0.29, 0.717) is 5.56 Å². The number of likely N-dealkylation sites (tertiary alicyclic amines) is 1. The van der Waals surface area contributed by atoms with Crippen molar-refractivity contribution in [3.63, 3.8) is 0 Å². The summed E-state index contributed by atoms with van der Waals surface area (Å²) in [5.41, 5.74) is 0.818. The van der Waals surface area contributed by atoms with Crippen molar-refractivity contribution < 1.29 is 4.79 Å². The van der Waals surface area contributed by atoms with Gasteiger partial charge in [-0.25, -0.2) is 0 Å². The van der Waals surface area contributed by atoms with Gasteiger partial charge in [0.1, 0.15) is 12.2 Å². The molecule has 1 atom stereocenters. The van der Waals surface area contributed by atoms with Crippen molar-refractivity contribution in [3.05, 3.63) is 42.2 Å². The van der Waals surface area contributed by atoms with E-state index in [4.69, 9.17) is 0 Å². The largest absolute Gasteiger partial charge is 0.337 e. The standard InChI is InChI=1S/C18H23N5O/c1-22-13-20-21-16(22)15-11-23(12-18(15)7-3-2-4-8-18)17(24)14-6-5-9-19-10-14/h5-6,9-10,13,15H,2-4,7-8,11-12H2,1H3. The summed E-state index contributed by atoms with van der Waals surface area (Å²) in [6, 6.07) is 3.67. The smallest absolute Gasteiger partial charge is 0.255 e. The van der Waals surface area contributed by atoms with Crippen LogP contribution in [-0.2, 0) is 7.05 Å². The highest BCUT2D eigenvalue weighted by Crippen LogP contribution is 2.51. The zero-order valence-corrected chi connectivity index (χ0v) is 14.1. The van der Waals surface area contributed by atoms with Gasteiger partial charge in [-0.3, -0.25) is 9.78 Å². The van der Waals surface area contributed by atoms with Crippen LogP contribution >= 0.6 is 0 Å². The first-order valence-electron chi connectivity index (χ1n) is 8.73. The van der Waals surface area contributed by atoms with E-state index in [1.165, 1.54) is 32.1 Å². The molecule has 3 heterocycles. The summed E-state index contributed by atoms with van der Waals surface area (Å²) in [6.45, 7) is 1.54. The number of aryl methyl sites for hydroxylation is 1. The minimum Gasteiger partial charge on any atom is -0.337 e. The highest BCUT2D eigenvalue weighted by molar-refractivity contribution is 5.94.